The number of rotatable bonds is 2. The van der Waals surface area contributed by atoms with Crippen LogP contribution < -0.4 is 10.2 Å². The van der Waals surface area contributed by atoms with Gasteiger partial charge in [-0.2, -0.15) is 0 Å². The average molecular weight is 360 g/mol. The highest BCUT2D eigenvalue weighted by Crippen LogP contribution is 2.38. The van der Waals surface area contributed by atoms with Gasteiger partial charge >= 0.3 is 0 Å². The molecule has 1 N–H and O–H groups in total. The summed E-state index contributed by atoms with van der Waals surface area (Å²) in [5.41, 5.74) is 2.94. The Morgan fingerprint density at radius 2 is 2.18 bits per heavy atom. The van der Waals surface area contributed by atoms with Crippen molar-refractivity contribution in [3.05, 3.63) is 52.3 Å². The third kappa shape index (κ3) is 2.74. The van der Waals surface area contributed by atoms with Gasteiger partial charge in [0.2, 0.25) is 5.91 Å². The number of nitrogens with zero attached hydrogens (tertiary/aromatic N) is 2. The highest BCUT2D eigenvalue weighted by Gasteiger charge is 2.26. The number of carbonyl (C=O) groups excluding carboxylic acids is 2. The minimum atomic E-state index is -0.246. The number of fused-ring (bicyclic) bond motifs is 1. The Kier molecular flexibility index (Phi) is 3.94. The van der Waals surface area contributed by atoms with Gasteiger partial charge in [0.05, 0.1) is 16.9 Å². The van der Waals surface area contributed by atoms with E-state index in [-0.39, 0.29) is 11.8 Å². The van der Waals surface area contributed by atoms with Gasteiger partial charge in [0, 0.05) is 30.3 Å². The molecule has 1 aromatic heterocycles. The Labute approximate surface area is 136 Å². The van der Waals surface area contributed by atoms with Crippen LogP contribution in [-0.2, 0) is 11.2 Å². The SMILES string of the molecule is CC(=O)N1CCc2cc(Br)cc(NC(=O)c3cccnc3)c21. The summed E-state index contributed by atoms with van der Waals surface area (Å²) in [5, 5.41) is 2.88. The fraction of sp³-hybridized carbons (Fsp3) is 0.188. The molecule has 0 atom stereocenters. The van der Waals surface area contributed by atoms with E-state index in [1.807, 2.05) is 12.1 Å². The van der Waals surface area contributed by atoms with Gasteiger partial charge in [-0.1, -0.05) is 15.9 Å². The van der Waals surface area contributed by atoms with E-state index < -0.39 is 0 Å². The zero-order chi connectivity index (χ0) is 15.7. The predicted molar refractivity (Wildman–Crippen MR) is 88.1 cm³/mol. The molecule has 0 saturated heterocycles. The number of aromatic nitrogens is 1. The molecule has 5 nitrogen and oxygen atoms in total. The van der Waals surface area contributed by atoms with E-state index >= 15 is 0 Å². The fourth-order valence-corrected chi connectivity index (χ4v) is 3.12. The van der Waals surface area contributed by atoms with E-state index in [2.05, 4.69) is 26.2 Å². The molecule has 1 aliphatic rings. The second kappa shape index (κ2) is 5.88. The first-order chi connectivity index (χ1) is 10.6. The maximum absolute atomic E-state index is 12.3. The lowest BCUT2D eigenvalue weighted by Crippen LogP contribution is -2.27. The molecule has 6 heteroatoms. The highest BCUT2D eigenvalue weighted by molar-refractivity contribution is 9.10. The molecule has 112 valence electrons. The van der Waals surface area contributed by atoms with Gasteiger partial charge in [0.25, 0.3) is 5.91 Å². The van der Waals surface area contributed by atoms with E-state index in [0.29, 0.717) is 17.8 Å². The first kappa shape index (κ1) is 14.7. The first-order valence-electron chi connectivity index (χ1n) is 6.88. The number of anilines is 2. The Balaban J connectivity index is 1.98. The summed E-state index contributed by atoms with van der Waals surface area (Å²) >= 11 is 3.45. The van der Waals surface area contributed by atoms with Crippen molar-refractivity contribution >= 4 is 39.1 Å². The summed E-state index contributed by atoms with van der Waals surface area (Å²) in [4.78, 5) is 29.8. The van der Waals surface area contributed by atoms with Gasteiger partial charge in [-0.05, 0) is 36.2 Å². The van der Waals surface area contributed by atoms with Crippen molar-refractivity contribution < 1.29 is 9.59 Å². The molecule has 0 fully saturated rings. The minimum absolute atomic E-state index is 0.0297. The Bertz CT molecular complexity index is 747. The predicted octanol–water partition coefficient (Wildman–Crippen LogP) is 3.01. The third-order valence-electron chi connectivity index (χ3n) is 3.58. The zero-order valence-corrected chi connectivity index (χ0v) is 13.6. The second-order valence-corrected chi connectivity index (χ2v) is 5.99. The van der Waals surface area contributed by atoms with Crippen molar-refractivity contribution in [1.29, 1.82) is 0 Å². The van der Waals surface area contributed by atoms with Crippen LogP contribution in [-0.4, -0.2) is 23.3 Å². The lowest BCUT2D eigenvalue weighted by atomic mass is 10.1. The minimum Gasteiger partial charge on any atom is -0.320 e. The molecule has 22 heavy (non-hydrogen) atoms. The summed E-state index contributed by atoms with van der Waals surface area (Å²) in [7, 11) is 0. The molecular formula is C16H14BrN3O2. The zero-order valence-electron chi connectivity index (χ0n) is 12.0. The quantitative estimate of drug-likeness (QED) is 0.896. The largest absolute Gasteiger partial charge is 0.320 e. The number of pyridine rings is 1. The number of carbonyl (C=O) groups is 2. The summed E-state index contributed by atoms with van der Waals surface area (Å²) in [6.45, 7) is 2.17. The molecule has 0 unspecified atom stereocenters. The maximum Gasteiger partial charge on any atom is 0.257 e. The van der Waals surface area contributed by atoms with Crippen LogP contribution >= 0.6 is 15.9 Å². The van der Waals surface area contributed by atoms with Gasteiger partial charge in [-0.15, -0.1) is 0 Å². The lowest BCUT2D eigenvalue weighted by molar-refractivity contribution is -0.116. The second-order valence-electron chi connectivity index (χ2n) is 5.08. The van der Waals surface area contributed by atoms with Crippen molar-refractivity contribution in [2.75, 3.05) is 16.8 Å². The molecule has 0 saturated carbocycles. The standard InChI is InChI=1S/C16H14BrN3O2/c1-10(21)20-6-4-11-7-13(17)8-14(15(11)20)19-16(22)12-3-2-5-18-9-12/h2-3,5,7-9H,4,6H2,1H3,(H,19,22). The summed E-state index contributed by atoms with van der Waals surface area (Å²) in [5.74, 6) is -0.276. The normalized spacial score (nSPS) is 12.9. The van der Waals surface area contributed by atoms with Crippen molar-refractivity contribution in [2.45, 2.75) is 13.3 Å². The monoisotopic (exact) mass is 359 g/mol. The average Bonchev–Trinajstić information content (AvgIpc) is 2.92. The molecule has 2 amide bonds. The van der Waals surface area contributed by atoms with Crippen LogP contribution in [0.4, 0.5) is 11.4 Å². The summed E-state index contributed by atoms with van der Waals surface area (Å²) < 4.78 is 0.873. The third-order valence-corrected chi connectivity index (χ3v) is 4.04. The molecular weight excluding hydrogens is 346 g/mol. The molecule has 0 bridgehead atoms. The van der Waals surface area contributed by atoms with Crippen molar-refractivity contribution in [2.24, 2.45) is 0 Å². The Hall–Kier alpha value is -2.21. The number of hydrogen-bond donors (Lipinski definition) is 1. The Morgan fingerprint density at radius 1 is 1.36 bits per heavy atom. The van der Waals surface area contributed by atoms with Crippen LogP contribution in [0.25, 0.3) is 0 Å². The highest BCUT2D eigenvalue weighted by atomic mass is 79.9. The van der Waals surface area contributed by atoms with E-state index in [9.17, 15) is 9.59 Å². The molecule has 0 aliphatic carbocycles. The van der Waals surface area contributed by atoms with Crippen molar-refractivity contribution in [1.82, 2.24) is 4.98 Å². The lowest BCUT2D eigenvalue weighted by Gasteiger charge is -2.19. The number of nitrogens with one attached hydrogen (secondary N) is 1. The van der Waals surface area contributed by atoms with E-state index in [0.717, 1.165) is 22.1 Å². The van der Waals surface area contributed by atoms with Crippen molar-refractivity contribution in [3.8, 4) is 0 Å². The smallest absolute Gasteiger partial charge is 0.257 e. The Morgan fingerprint density at radius 3 is 2.86 bits per heavy atom. The molecule has 2 aromatic rings. The van der Waals surface area contributed by atoms with Gasteiger partial charge in [0.1, 0.15) is 0 Å². The van der Waals surface area contributed by atoms with Crippen LogP contribution in [0.15, 0.2) is 41.1 Å². The number of amides is 2. The van der Waals surface area contributed by atoms with Gasteiger partial charge < -0.3 is 10.2 Å². The summed E-state index contributed by atoms with van der Waals surface area (Å²) in [6.07, 6.45) is 3.91. The van der Waals surface area contributed by atoms with Gasteiger partial charge in [-0.25, -0.2) is 0 Å². The molecule has 1 aromatic carbocycles. The van der Waals surface area contributed by atoms with E-state index in [4.69, 9.17) is 0 Å². The van der Waals surface area contributed by atoms with Gasteiger partial charge in [-0.3, -0.25) is 14.6 Å². The number of benzene rings is 1. The molecule has 2 heterocycles. The molecule has 1 aliphatic heterocycles. The van der Waals surface area contributed by atoms with Crippen LogP contribution in [0, 0.1) is 0 Å². The number of halogens is 1. The van der Waals surface area contributed by atoms with E-state index in [1.54, 1.807) is 23.2 Å². The van der Waals surface area contributed by atoms with Crippen LogP contribution in [0.3, 0.4) is 0 Å². The van der Waals surface area contributed by atoms with Crippen LogP contribution in [0.2, 0.25) is 0 Å². The first-order valence-corrected chi connectivity index (χ1v) is 7.67. The van der Waals surface area contributed by atoms with E-state index in [1.165, 1.54) is 13.1 Å². The fourth-order valence-electron chi connectivity index (χ4n) is 2.61. The number of hydrogen-bond acceptors (Lipinski definition) is 3. The van der Waals surface area contributed by atoms with Gasteiger partial charge in [0.15, 0.2) is 0 Å². The molecule has 0 spiro atoms. The van der Waals surface area contributed by atoms with Crippen LogP contribution in [0.5, 0.6) is 0 Å². The molecule has 3 rings (SSSR count). The summed E-state index contributed by atoms with van der Waals surface area (Å²) in [6, 6.07) is 7.21. The topological polar surface area (TPSA) is 62.3 Å². The molecule has 0 radical (unpaired) electrons. The van der Waals surface area contributed by atoms with Crippen molar-refractivity contribution in [3.63, 3.8) is 0 Å². The maximum atomic E-state index is 12.3. The van der Waals surface area contributed by atoms with Crippen LogP contribution in [0.1, 0.15) is 22.8 Å².